The molecule has 1 spiro atoms. The van der Waals surface area contributed by atoms with Crippen LogP contribution in [0.25, 0.3) is 0 Å². The number of carboxylic acid groups (broad SMARTS) is 1. The third kappa shape index (κ3) is 2.84. The van der Waals surface area contributed by atoms with E-state index in [1.54, 1.807) is 7.11 Å². The Bertz CT molecular complexity index is 1110. The number of carbonyl (C=O) groups excluding carboxylic acids is 1. The van der Waals surface area contributed by atoms with Gasteiger partial charge in [0.2, 0.25) is 0 Å². The summed E-state index contributed by atoms with van der Waals surface area (Å²) >= 11 is 0. The molecule has 4 aliphatic rings. The summed E-state index contributed by atoms with van der Waals surface area (Å²) in [5.74, 6) is -1.26. The third-order valence-corrected chi connectivity index (χ3v) is 7.25. The van der Waals surface area contributed by atoms with Crippen molar-refractivity contribution in [2.24, 2.45) is 0 Å². The second kappa shape index (κ2) is 7.47. The van der Waals surface area contributed by atoms with E-state index in [0.717, 1.165) is 24.1 Å². The van der Waals surface area contributed by atoms with Gasteiger partial charge in [-0.1, -0.05) is 6.08 Å². The summed E-state index contributed by atoms with van der Waals surface area (Å²) < 4.78 is 23.1. The van der Waals surface area contributed by atoms with E-state index in [1.165, 1.54) is 18.7 Å². The Balaban J connectivity index is 1.66. The molecule has 33 heavy (non-hydrogen) atoms. The number of ether oxygens (including phenoxy) is 4. The van der Waals surface area contributed by atoms with Gasteiger partial charge < -0.3 is 34.3 Å². The van der Waals surface area contributed by atoms with Crippen molar-refractivity contribution in [2.45, 2.75) is 42.6 Å². The molecule has 0 saturated carbocycles. The fourth-order valence-corrected chi connectivity index (χ4v) is 5.67. The zero-order chi connectivity index (χ0) is 23.7. The number of piperidine rings is 1. The molecule has 2 aliphatic heterocycles. The Hall–Kier alpha value is -3.08. The molecule has 5 atom stereocenters. The van der Waals surface area contributed by atoms with Gasteiger partial charge in [-0.15, -0.1) is 0 Å². The fraction of sp³-hybridized carbons (Fsp3) is 0.478. The maximum Gasteiger partial charge on any atom is 0.343 e. The molecule has 1 saturated heterocycles. The molecular weight excluding hydrogens is 434 g/mol. The average molecular weight is 459 g/mol. The van der Waals surface area contributed by atoms with Crippen LogP contribution in [0.3, 0.4) is 0 Å². The van der Waals surface area contributed by atoms with Crippen LogP contribution in [0, 0.1) is 0 Å². The first kappa shape index (κ1) is 21.7. The molecule has 3 N–H and O–H groups in total. The molecule has 0 amide bonds. The van der Waals surface area contributed by atoms with Gasteiger partial charge in [-0.3, -0.25) is 4.90 Å². The first-order valence-electron chi connectivity index (χ1n) is 10.6. The van der Waals surface area contributed by atoms with Crippen molar-refractivity contribution in [2.75, 3.05) is 27.8 Å². The number of hydrogen-bond donors (Lipinski definition) is 3. The minimum atomic E-state index is -2.30. The van der Waals surface area contributed by atoms with Crippen LogP contribution in [0.5, 0.6) is 17.2 Å². The van der Waals surface area contributed by atoms with E-state index >= 15 is 0 Å². The number of likely N-dealkylation sites (tertiary alicyclic amines) is 1. The van der Waals surface area contributed by atoms with Crippen molar-refractivity contribution >= 4 is 11.9 Å². The van der Waals surface area contributed by atoms with Crippen LogP contribution < -0.4 is 14.2 Å². The molecule has 5 rings (SSSR count). The lowest BCUT2D eigenvalue weighted by Gasteiger charge is -2.52. The van der Waals surface area contributed by atoms with Gasteiger partial charge >= 0.3 is 11.9 Å². The first-order valence-corrected chi connectivity index (χ1v) is 10.6. The average Bonchev–Trinajstić information content (AvgIpc) is 3.15. The molecule has 0 aromatic heterocycles. The van der Waals surface area contributed by atoms with E-state index in [-0.39, 0.29) is 11.8 Å². The predicted octanol–water partition coefficient (Wildman–Crippen LogP) is 0.136. The number of rotatable bonds is 6. The van der Waals surface area contributed by atoms with Crippen LogP contribution in [0.1, 0.15) is 17.5 Å². The summed E-state index contributed by atoms with van der Waals surface area (Å²) in [6.07, 6.45) is 0.334. The Kier molecular flexibility index (Phi) is 4.93. The standard InChI is InChI=1S/C23H25NO9/c1-24-7-6-23-11-4-5-13(30-2)20(23)33-19-15(31-3)9-14(10(16(19)23)8-12(11)24)32-22(29)18(26)17(25)21(27)28/h4-5,9,12,17-18,20,25-26H,6-8H2,1-3H3,(H,27,28)/t12-,17?,18?,20?,23+/m1/s1. The SMILES string of the molecule is COC1=CC=C2[C@H]3Cc4c(OC(=O)C(O)C(O)C(=O)O)cc(OC)c5c4[C@@]2(CCN3C)C1O5. The summed E-state index contributed by atoms with van der Waals surface area (Å²) in [7, 11) is 5.11. The van der Waals surface area contributed by atoms with Gasteiger partial charge in [0.05, 0.1) is 19.6 Å². The molecule has 3 unspecified atom stereocenters. The fourth-order valence-electron chi connectivity index (χ4n) is 5.67. The number of methoxy groups -OCH3 is 2. The van der Waals surface area contributed by atoms with Crippen LogP contribution in [0.4, 0.5) is 0 Å². The van der Waals surface area contributed by atoms with Gasteiger partial charge in [-0.05, 0) is 38.1 Å². The highest BCUT2D eigenvalue weighted by Crippen LogP contribution is 2.64. The zero-order valence-electron chi connectivity index (χ0n) is 18.4. The van der Waals surface area contributed by atoms with Crippen molar-refractivity contribution in [1.29, 1.82) is 0 Å². The van der Waals surface area contributed by atoms with E-state index in [0.29, 0.717) is 23.7 Å². The molecule has 1 fully saturated rings. The van der Waals surface area contributed by atoms with E-state index in [4.69, 9.17) is 24.1 Å². The smallest absolute Gasteiger partial charge is 0.343 e. The Morgan fingerprint density at radius 3 is 2.61 bits per heavy atom. The Labute approximate surface area is 189 Å². The maximum atomic E-state index is 12.5. The highest BCUT2D eigenvalue weighted by Gasteiger charge is 2.62. The summed E-state index contributed by atoms with van der Waals surface area (Å²) in [6, 6.07) is 1.53. The minimum absolute atomic E-state index is 0.0262. The third-order valence-electron chi connectivity index (χ3n) is 7.25. The highest BCUT2D eigenvalue weighted by molar-refractivity contribution is 5.86. The lowest BCUT2D eigenvalue weighted by Crippen LogP contribution is -2.58. The monoisotopic (exact) mass is 459 g/mol. The molecular formula is C23H25NO9. The minimum Gasteiger partial charge on any atom is -0.497 e. The van der Waals surface area contributed by atoms with Gasteiger partial charge in [0.25, 0.3) is 0 Å². The highest BCUT2D eigenvalue weighted by atomic mass is 16.6. The maximum absolute atomic E-state index is 12.5. The molecule has 10 nitrogen and oxygen atoms in total. The lowest BCUT2D eigenvalue weighted by atomic mass is 9.57. The second-order valence-corrected chi connectivity index (χ2v) is 8.72. The molecule has 1 aromatic carbocycles. The number of benzene rings is 1. The Morgan fingerprint density at radius 2 is 1.94 bits per heavy atom. The summed E-state index contributed by atoms with van der Waals surface area (Å²) in [4.78, 5) is 25.7. The predicted molar refractivity (Wildman–Crippen MR) is 112 cm³/mol. The number of aliphatic carboxylic acids is 1. The molecule has 2 bridgehead atoms. The van der Waals surface area contributed by atoms with E-state index in [1.807, 2.05) is 13.1 Å². The van der Waals surface area contributed by atoms with Crippen molar-refractivity contribution < 1.29 is 43.9 Å². The molecule has 2 heterocycles. The molecule has 10 heteroatoms. The van der Waals surface area contributed by atoms with E-state index < -0.39 is 35.7 Å². The van der Waals surface area contributed by atoms with Crippen molar-refractivity contribution in [3.05, 3.63) is 40.7 Å². The molecule has 2 aliphatic carbocycles. The van der Waals surface area contributed by atoms with Crippen molar-refractivity contribution in [3.63, 3.8) is 0 Å². The van der Waals surface area contributed by atoms with Gasteiger partial charge in [0, 0.05) is 23.2 Å². The topological polar surface area (TPSA) is 135 Å². The van der Waals surface area contributed by atoms with Gasteiger partial charge in [0.1, 0.15) is 11.5 Å². The van der Waals surface area contributed by atoms with Gasteiger partial charge in [0.15, 0.2) is 29.8 Å². The number of carboxylic acids is 1. The van der Waals surface area contributed by atoms with Crippen LogP contribution in [0.15, 0.2) is 29.6 Å². The summed E-state index contributed by atoms with van der Waals surface area (Å²) in [5, 5.41) is 28.5. The number of aliphatic hydroxyl groups excluding tert-OH is 2. The lowest BCUT2D eigenvalue weighted by molar-refractivity contribution is -0.164. The number of aliphatic hydroxyl groups is 2. The number of likely N-dealkylation sites (N-methyl/N-ethyl adjacent to an activating group) is 1. The largest absolute Gasteiger partial charge is 0.497 e. The van der Waals surface area contributed by atoms with Crippen molar-refractivity contribution in [1.82, 2.24) is 4.90 Å². The van der Waals surface area contributed by atoms with Gasteiger partial charge in [-0.25, -0.2) is 9.59 Å². The summed E-state index contributed by atoms with van der Waals surface area (Å²) in [5.41, 5.74) is 2.26. The van der Waals surface area contributed by atoms with E-state index in [9.17, 15) is 19.8 Å². The second-order valence-electron chi connectivity index (χ2n) is 8.72. The van der Waals surface area contributed by atoms with Crippen molar-refractivity contribution in [3.8, 4) is 17.2 Å². The van der Waals surface area contributed by atoms with E-state index in [2.05, 4.69) is 11.0 Å². The van der Waals surface area contributed by atoms with Gasteiger partial charge in [-0.2, -0.15) is 0 Å². The Morgan fingerprint density at radius 1 is 1.18 bits per heavy atom. The number of hydrogen-bond acceptors (Lipinski definition) is 9. The van der Waals surface area contributed by atoms with Crippen LogP contribution >= 0.6 is 0 Å². The first-order chi connectivity index (χ1) is 15.7. The molecule has 1 aromatic rings. The number of allylic oxidation sites excluding steroid dienone is 2. The molecule has 0 radical (unpaired) electrons. The molecule has 176 valence electrons. The normalized spacial score (nSPS) is 28.5. The van der Waals surface area contributed by atoms with Crippen LogP contribution in [0.2, 0.25) is 0 Å². The number of esters is 1. The number of nitrogens with zero attached hydrogens (tertiary/aromatic N) is 1. The zero-order valence-corrected chi connectivity index (χ0v) is 18.4. The summed E-state index contributed by atoms with van der Waals surface area (Å²) in [6.45, 7) is 0.827. The van der Waals surface area contributed by atoms with Crippen LogP contribution in [-0.2, 0) is 26.2 Å². The number of carbonyl (C=O) groups is 2. The quantitative estimate of drug-likeness (QED) is 0.398. The van der Waals surface area contributed by atoms with Crippen LogP contribution in [-0.4, -0.2) is 84.3 Å².